The van der Waals surface area contributed by atoms with Gasteiger partial charge in [-0.1, -0.05) is 13.3 Å². The minimum Gasteiger partial charge on any atom is -0.462 e. The average Bonchev–Trinajstić information content (AvgIpc) is 3.05. The maximum atomic E-state index is 12.0. The molecule has 24 heavy (non-hydrogen) atoms. The van der Waals surface area contributed by atoms with Gasteiger partial charge in [0.2, 0.25) is 5.95 Å². The Hall–Kier alpha value is -2.28. The van der Waals surface area contributed by atoms with Crippen LogP contribution in [0.3, 0.4) is 0 Å². The molecule has 3 rings (SSSR count). The van der Waals surface area contributed by atoms with Gasteiger partial charge in [0.25, 0.3) is 5.56 Å². The number of fused-ring (bicyclic) bond motifs is 1. The van der Waals surface area contributed by atoms with E-state index >= 15 is 0 Å². The van der Waals surface area contributed by atoms with E-state index in [9.17, 15) is 9.59 Å². The molecule has 0 spiro atoms. The van der Waals surface area contributed by atoms with E-state index in [0.717, 1.165) is 35.5 Å². The lowest BCUT2D eigenvalue weighted by atomic mass is 10.2. The summed E-state index contributed by atoms with van der Waals surface area (Å²) >= 11 is 1.68. The van der Waals surface area contributed by atoms with Gasteiger partial charge in [0.15, 0.2) is 0 Å². The van der Waals surface area contributed by atoms with Crippen molar-refractivity contribution in [3.63, 3.8) is 0 Å². The second kappa shape index (κ2) is 7.53. The number of nitrogens with one attached hydrogen (secondary N) is 2. The van der Waals surface area contributed by atoms with Crippen LogP contribution in [-0.4, -0.2) is 22.5 Å². The topological polar surface area (TPSA) is 84.1 Å². The molecule has 6 nitrogen and oxygen atoms in total. The maximum absolute atomic E-state index is 12.0. The van der Waals surface area contributed by atoms with Crippen LogP contribution in [0.1, 0.15) is 41.4 Å². The summed E-state index contributed by atoms with van der Waals surface area (Å²) in [5.74, 6) is 1.57. The lowest BCUT2D eigenvalue weighted by molar-refractivity contribution is 0.0500. The van der Waals surface area contributed by atoms with Crippen LogP contribution >= 0.6 is 11.8 Å². The fourth-order valence-corrected chi connectivity index (χ4v) is 3.38. The first-order chi connectivity index (χ1) is 11.7. The van der Waals surface area contributed by atoms with E-state index in [2.05, 4.69) is 15.3 Å². The predicted molar refractivity (Wildman–Crippen MR) is 94.8 cm³/mol. The smallest absolute Gasteiger partial charge is 0.338 e. The van der Waals surface area contributed by atoms with Gasteiger partial charge in [-0.25, -0.2) is 9.78 Å². The van der Waals surface area contributed by atoms with Gasteiger partial charge in [0, 0.05) is 22.8 Å². The Morgan fingerprint density at radius 3 is 2.88 bits per heavy atom. The van der Waals surface area contributed by atoms with Crippen molar-refractivity contribution >= 4 is 29.4 Å². The molecule has 0 radical (unpaired) electrons. The summed E-state index contributed by atoms with van der Waals surface area (Å²) in [6, 6.07) is 6.91. The first-order valence-electron chi connectivity index (χ1n) is 7.91. The van der Waals surface area contributed by atoms with Crippen molar-refractivity contribution in [1.29, 1.82) is 0 Å². The fourth-order valence-electron chi connectivity index (χ4n) is 2.34. The van der Waals surface area contributed by atoms with Crippen LogP contribution in [0.25, 0.3) is 0 Å². The number of nitrogens with zero attached hydrogens (tertiary/aromatic N) is 1. The highest BCUT2D eigenvalue weighted by atomic mass is 32.2. The molecule has 0 fully saturated rings. The first kappa shape index (κ1) is 16.6. The monoisotopic (exact) mass is 345 g/mol. The van der Waals surface area contributed by atoms with Crippen molar-refractivity contribution in [1.82, 2.24) is 9.97 Å². The number of carbonyl (C=O) groups is 1. The highest BCUT2D eigenvalue weighted by Gasteiger charge is 2.17. The number of benzene rings is 1. The molecule has 0 bridgehead atoms. The molecule has 1 aliphatic rings. The van der Waals surface area contributed by atoms with Crippen molar-refractivity contribution in [2.45, 2.75) is 31.3 Å². The molecule has 126 valence electrons. The summed E-state index contributed by atoms with van der Waals surface area (Å²) in [4.78, 5) is 31.0. The summed E-state index contributed by atoms with van der Waals surface area (Å²) in [6.07, 6.45) is 1.85. The zero-order valence-electron chi connectivity index (χ0n) is 13.4. The maximum Gasteiger partial charge on any atom is 0.338 e. The number of aromatic nitrogens is 2. The van der Waals surface area contributed by atoms with E-state index in [1.54, 1.807) is 36.0 Å². The Labute approximate surface area is 144 Å². The van der Waals surface area contributed by atoms with Crippen LogP contribution in [0.4, 0.5) is 11.6 Å². The number of anilines is 2. The van der Waals surface area contributed by atoms with E-state index in [1.807, 2.05) is 6.92 Å². The Kier molecular flexibility index (Phi) is 5.20. The van der Waals surface area contributed by atoms with Crippen LogP contribution in [0, 0.1) is 0 Å². The van der Waals surface area contributed by atoms with Crippen LogP contribution in [0.5, 0.6) is 0 Å². The Balaban J connectivity index is 1.67. The largest absolute Gasteiger partial charge is 0.462 e. The molecule has 2 N–H and O–H groups in total. The average molecular weight is 345 g/mol. The molecule has 0 saturated carbocycles. The molecule has 7 heteroatoms. The molecule has 0 saturated heterocycles. The molecule has 0 aliphatic carbocycles. The Morgan fingerprint density at radius 1 is 1.33 bits per heavy atom. The zero-order valence-corrected chi connectivity index (χ0v) is 14.2. The van der Waals surface area contributed by atoms with Gasteiger partial charge in [0.1, 0.15) is 0 Å². The quantitative estimate of drug-likeness (QED) is 0.618. The van der Waals surface area contributed by atoms with Crippen LogP contribution in [0.15, 0.2) is 29.1 Å². The highest BCUT2D eigenvalue weighted by Crippen LogP contribution is 2.26. The van der Waals surface area contributed by atoms with E-state index in [-0.39, 0.29) is 11.5 Å². The molecule has 0 amide bonds. The number of ether oxygens (including phenoxy) is 1. The zero-order chi connectivity index (χ0) is 16.9. The standard InChI is InChI=1S/C17H19N3O3S/c1-2-3-8-23-16(22)11-4-6-12(7-5-11)18-17-19-14-10-24-9-13(14)15(21)20-17/h4-7H,2-3,8-10H2,1H3,(H2,18,19,20,21). The number of unbranched alkanes of at least 4 members (excludes halogenated alkanes) is 1. The molecule has 2 aromatic rings. The van der Waals surface area contributed by atoms with Gasteiger partial charge >= 0.3 is 5.97 Å². The van der Waals surface area contributed by atoms with Gasteiger partial charge in [-0.2, -0.15) is 11.8 Å². The number of thioether (sulfide) groups is 1. The lowest BCUT2D eigenvalue weighted by Gasteiger charge is -2.08. The fraction of sp³-hybridized carbons (Fsp3) is 0.353. The van der Waals surface area contributed by atoms with Crippen molar-refractivity contribution in [2.24, 2.45) is 0 Å². The highest BCUT2D eigenvalue weighted by molar-refractivity contribution is 7.98. The molecule has 1 aromatic heterocycles. The number of esters is 1. The number of hydrogen-bond donors (Lipinski definition) is 2. The third kappa shape index (κ3) is 3.79. The summed E-state index contributed by atoms with van der Waals surface area (Å²) in [7, 11) is 0. The minimum absolute atomic E-state index is 0.0939. The molecule has 0 atom stereocenters. The van der Waals surface area contributed by atoms with E-state index in [1.165, 1.54) is 0 Å². The van der Waals surface area contributed by atoms with Gasteiger partial charge in [-0.05, 0) is 30.7 Å². The molecular formula is C17H19N3O3S. The van der Waals surface area contributed by atoms with Crippen molar-refractivity contribution < 1.29 is 9.53 Å². The van der Waals surface area contributed by atoms with Gasteiger partial charge in [-0.3, -0.25) is 9.78 Å². The molecule has 1 aliphatic heterocycles. The summed E-state index contributed by atoms with van der Waals surface area (Å²) < 4.78 is 5.17. The lowest BCUT2D eigenvalue weighted by Crippen LogP contribution is -2.16. The van der Waals surface area contributed by atoms with E-state index < -0.39 is 0 Å². The second-order valence-corrected chi connectivity index (χ2v) is 6.51. The Morgan fingerprint density at radius 2 is 2.12 bits per heavy atom. The number of carbonyl (C=O) groups excluding carboxylic acids is 1. The van der Waals surface area contributed by atoms with Crippen molar-refractivity contribution in [2.75, 3.05) is 11.9 Å². The SMILES string of the molecule is CCCCOC(=O)c1ccc(Nc2nc3c(c(=O)[nH]2)CSC3)cc1. The normalized spacial score (nSPS) is 12.7. The number of rotatable bonds is 6. The summed E-state index contributed by atoms with van der Waals surface area (Å²) in [5, 5.41) is 3.06. The van der Waals surface area contributed by atoms with E-state index in [4.69, 9.17) is 4.74 Å². The number of hydrogen-bond acceptors (Lipinski definition) is 6. The minimum atomic E-state index is -0.323. The predicted octanol–water partition coefficient (Wildman–Crippen LogP) is 3.22. The van der Waals surface area contributed by atoms with Gasteiger partial charge in [-0.15, -0.1) is 0 Å². The number of H-pyrrole nitrogens is 1. The van der Waals surface area contributed by atoms with E-state index in [0.29, 0.717) is 23.9 Å². The second-order valence-electron chi connectivity index (χ2n) is 5.52. The van der Waals surface area contributed by atoms with Crippen LogP contribution in [-0.2, 0) is 16.2 Å². The van der Waals surface area contributed by atoms with Crippen LogP contribution in [0.2, 0.25) is 0 Å². The summed E-state index contributed by atoms with van der Waals surface area (Å²) in [5.41, 5.74) is 2.75. The molecule has 0 unspecified atom stereocenters. The van der Waals surface area contributed by atoms with Gasteiger partial charge in [0.05, 0.1) is 17.9 Å². The molecular weight excluding hydrogens is 326 g/mol. The Bertz CT molecular complexity index is 787. The molecule has 1 aromatic carbocycles. The van der Waals surface area contributed by atoms with Crippen LogP contribution < -0.4 is 10.9 Å². The van der Waals surface area contributed by atoms with Gasteiger partial charge < -0.3 is 10.1 Å². The summed E-state index contributed by atoms with van der Waals surface area (Å²) in [6.45, 7) is 2.48. The third-order valence-corrected chi connectivity index (χ3v) is 4.67. The van der Waals surface area contributed by atoms with Crippen molar-refractivity contribution in [3.05, 3.63) is 51.4 Å². The molecule has 2 heterocycles. The third-order valence-electron chi connectivity index (χ3n) is 3.70. The first-order valence-corrected chi connectivity index (χ1v) is 9.07. The number of aromatic amines is 1. The van der Waals surface area contributed by atoms with Crippen molar-refractivity contribution in [3.8, 4) is 0 Å².